The van der Waals surface area contributed by atoms with E-state index in [0.717, 1.165) is 5.75 Å². The lowest BCUT2D eigenvalue weighted by Crippen LogP contribution is -2.58. The van der Waals surface area contributed by atoms with E-state index in [4.69, 9.17) is 10.5 Å². The van der Waals surface area contributed by atoms with E-state index < -0.39 is 11.0 Å². The first-order valence-corrected chi connectivity index (χ1v) is 6.14. The standard InChI is InChI=1S/C7H8N2O3S2/c8-6(11)12-7-2-13-4-1-3(10)9(4)5(7)14-7/h4-5H,1-2H2,(H2,8,11)/t4-,5?,7?/m0/s1. The maximum absolute atomic E-state index is 11.3. The number of hydrogen-bond acceptors (Lipinski definition) is 5. The summed E-state index contributed by atoms with van der Waals surface area (Å²) < 4.78 is 5.04. The van der Waals surface area contributed by atoms with Crippen molar-refractivity contribution in [2.75, 3.05) is 5.75 Å². The fourth-order valence-corrected chi connectivity index (χ4v) is 4.86. The van der Waals surface area contributed by atoms with Gasteiger partial charge in [0.2, 0.25) is 10.8 Å². The molecule has 7 heteroatoms. The van der Waals surface area contributed by atoms with Gasteiger partial charge >= 0.3 is 6.09 Å². The second-order valence-electron chi connectivity index (χ2n) is 3.47. The third-order valence-electron chi connectivity index (χ3n) is 2.58. The SMILES string of the molecule is NC(=O)OC12CS[C@H]3CC(=O)N3C1S2. The van der Waals surface area contributed by atoms with Crippen molar-refractivity contribution < 1.29 is 14.3 Å². The molecule has 0 bridgehead atoms. The Balaban J connectivity index is 1.76. The molecule has 76 valence electrons. The molecule has 2 amide bonds. The number of amides is 2. The number of nitrogens with two attached hydrogens (primary N) is 1. The highest BCUT2D eigenvalue weighted by Crippen LogP contribution is 2.64. The van der Waals surface area contributed by atoms with Gasteiger partial charge in [0, 0.05) is 5.75 Å². The second kappa shape index (κ2) is 2.52. The van der Waals surface area contributed by atoms with Crippen LogP contribution in [0.25, 0.3) is 0 Å². The van der Waals surface area contributed by atoms with Gasteiger partial charge in [-0.3, -0.25) is 4.79 Å². The van der Waals surface area contributed by atoms with Crippen LogP contribution in [0.4, 0.5) is 4.79 Å². The molecule has 3 aliphatic heterocycles. The van der Waals surface area contributed by atoms with Crippen LogP contribution in [0.1, 0.15) is 6.42 Å². The maximum Gasteiger partial charge on any atom is 0.406 e. The largest absolute Gasteiger partial charge is 0.428 e. The molecule has 3 aliphatic rings. The fourth-order valence-electron chi connectivity index (χ4n) is 1.84. The van der Waals surface area contributed by atoms with E-state index in [9.17, 15) is 9.59 Å². The van der Waals surface area contributed by atoms with E-state index in [1.54, 1.807) is 16.7 Å². The van der Waals surface area contributed by atoms with Crippen LogP contribution in [0.5, 0.6) is 0 Å². The van der Waals surface area contributed by atoms with Gasteiger partial charge in [-0.1, -0.05) is 11.8 Å². The predicted molar refractivity (Wildman–Crippen MR) is 52.5 cm³/mol. The first-order chi connectivity index (χ1) is 6.62. The van der Waals surface area contributed by atoms with Crippen LogP contribution >= 0.6 is 23.5 Å². The third kappa shape index (κ3) is 0.993. The molecular weight excluding hydrogens is 224 g/mol. The predicted octanol–water partition coefficient (Wildman–Crippen LogP) is 0.156. The molecule has 0 spiro atoms. The minimum Gasteiger partial charge on any atom is -0.428 e. The second-order valence-corrected chi connectivity index (χ2v) is 6.01. The van der Waals surface area contributed by atoms with E-state index in [2.05, 4.69) is 0 Å². The zero-order chi connectivity index (χ0) is 9.92. The quantitative estimate of drug-likeness (QED) is 0.515. The lowest BCUT2D eigenvalue weighted by molar-refractivity contribution is -0.144. The molecule has 0 saturated carbocycles. The molecule has 0 aliphatic carbocycles. The number of hydrogen-bond donors (Lipinski definition) is 1. The molecule has 0 aromatic carbocycles. The summed E-state index contributed by atoms with van der Waals surface area (Å²) in [5.74, 6) is 0.884. The van der Waals surface area contributed by atoms with E-state index in [0.29, 0.717) is 11.8 Å². The molecule has 5 nitrogen and oxygen atoms in total. The lowest BCUT2D eigenvalue weighted by atomic mass is 10.1. The zero-order valence-corrected chi connectivity index (χ0v) is 8.77. The van der Waals surface area contributed by atoms with Crippen LogP contribution in [0, 0.1) is 0 Å². The monoisotopic (exact) mass is 232 g/mol. The van der Waals surface area contributed by atoms with Crippen LogP contribution in [0.15, 0.2) is 0 Å². The zero-order valence-electron chi connectivity index (χ0n) is 7.13. The van der Waals surface area contributed by atoms with Gasteiger partial charge in [0.05, 0.1) is 11.8 Å². The van der Waals surface area contributed by atoms with Gasteiger partial charge in [0.1, 0.15) is 5.37 Å². The molecular formula is C7H8N2O3S2. The number of β-lactam (4-membered cyclic amide) rings is 1. The van der Waals surface area contributed by atoms with Crippen molar-refractivity contribution in [2.24, 2.45) is 5.73 Å². The Morgan fingerprint density at radius 2 is 2.50 bits per heavy atom. The number of carbonyl (C=O) groups is 2. The minimum absolute atomic E-state index is 0.0162. The number of primary amides is 1. The number of rotatable bonds is 1. The summed E-state index contributed by atoms with van der Waals surface area (Å²) in [6, 6.07) is 0. The number of nitrogens with zero attached hydrogens (tertiary/aromatic N) is 1. The molecule has 0 radical (unpaired) electrons. The summed E-state index contributed by atoms with van der Waals surface area (Å²) in [7, 11) is 0. The first kappa shape index (κ1) is 8.72. The summed E-state index contributed by atoms with van der Waals surface area (Å²) in [6.45, 7) is 0. The van der Waals surface area contributed by atoms with Crippen molar-refractivity contribution in [3.63, 3.8) is 0 Å². The molecule has 0 aromatic rings. The van der Waals surface area contributed by atoms with E-state index in [1.807, 2.05) is 0 Å². The Kier molecular flexibility index (Phi) is 1.57. The van der Waals surface area contributed by atoms with Gasteiger partial charge in [-0.05, 0) is 0 Å². The van der Waals surface area contributed by atoms with Gasteiger partial charge in [0.15, 0.2) is 0 Å². The van der Waals surface area contributed by atoms with Gasteiger partial charge < -0.3 is 15.4 Å². The molecule has 3 saturated heterocycles. The summed E-state index contributed by atoms with van der Waals surface area (Å²) in [5.41, 5.74) is 4.98. The van der Waals surface area contributed by atoms with E-state index >= 15 is 0 Å². The van der Waals surface area contributed by atoms with Gasteiger partial charge in [0.25, 0.3) is 0 Å². The van der Waals surface area contributed by atoms with Crippen LogP contribution in [0.2, 0.25) is 0 Å². The third-order valence-corrected chi connectivity index (χ3v) is 5.56. The summed E-state index contributed by atoms with van der Waals surface area (Å²) in [4.78, 5) is 23.2. The Morgan fingerprint density at radius 1 is 1.71 bits per heavy atom. The number of ether oxygens (including phenoxy) is 1. The van der Waals surface area contributed by atoms with Crippen LogP contribution < -0.4 is 5.73 Å². The molecule has 3 atom stereocenters. The molecule has 3 rings (SSSR count). The molecule has 0 aromatic heterocycles. The van der Waals surface area contributed by atoms with Crippen molar-refractivity contribution in [3.05, 3.63) is 0 Å². The highest BCUT2D eigenvalue weighted by molar-refractivity contribution is 8.10. The molecule has 2 N–H and O–H groups in total. The minimum atomic E-state index is -0.757. The van der Waals surface area contributed by atoms with Crippen molar-refractivity contribution in [3.8, 4) is 0 Å². The Hall–Kier alpha value is -0.560. The number of carbonyl (C=O) groups excluding carboxylic acids is 2. The number of fused-ring (bicyclic) bond motifs is 3. The highest BCUT2D eigenvalue weighted by atomic mass is 32.2. The Morgan fingerprint density at radius 3 is 3.14 bits per heavy atom. The molecule has 3 fully saturated rings. The van der Waals surface area contributed by atoms with Crippen LogP contribution in [0.3, 0.4) is 0 Å². The average molecular weight is 232 g/mol. The van der Waals surface area contributed by atoms with Gasteiger partial charge in [-0.25, -0.2) is 4.79 Å². The lowest BCUT2D eigenvalue weighted by Gasteiger charge is -2.43. The topological polar surface area (TPSA) is 72.6 Å². The molecule has 2 unspecified atom stereocenters. The van der Waals surface area contributed by atoms with Crippen LogP contribution in [-0.4, -0.2) is 38.3 Å². The van der Waals surface area contributed by atoms with Crippen molar-refractivity contribution in [2.45, 2.75) is 22.1 Å². The van der Waals surface area contributed by atoms with Gasteiger partial charge in [-0.2, -0.15) is 0 Å². The van der Waals surface area contributed by atoms with E-state index in [1.165, 1.54) is 11.8 Å². The van der Waals surface area contributed by atoms with Crippen molar-refractivity contribution in [1.29, 1.82) is 0 Å². The van der Waals surface area contributed by atoms with Crippen LogP contribution in [-0.2, 0) is 9.53 Å². The Labute approximate surface area is 88.7 Å². The summed E-state index contributed by atoms with van der Waals surface area (Å²) in [6.07, 6.45) is -0.138. The molecule has 14 heavy (non-hydrogen) atoms. The van der Waals surface area contributed by atoms with Gasteiger partial charge in [-0.15, -0.1) is 11.8 Å². The summed E-state index contributed by atoms with van der Waals surface area (Å²) >= 11 is 3.16. The normalized spacial score (nSPS) is 43.4. The van der Waals surface area contributed by atoms with Crippen molar-refractivity contribution >= 4 is 35.5 Å². The smallest absolute Gasteiger partial charge is 0.406 e. The van der Waals surface area contributed by atoms with Crippen molar-refractivity contribution in [1.82, 2.24) is 4.90 Å². The maximum atomic E-state index is 11.3. The first-order valence-electron chi connectivity index (χ1n) is 4.21. The fraction of sp³-hybridized carbons (Fsp3) is 0.714. The number of thioether (sulfide) groups is 2. The van der Waals surface area contributed by atoms with E-state index in [-0.39, 0.29) is 11.3 Å². The summed E-state index contributed by atoms with van der Waals surface area (Å²) in [5, 5.41) is 0.314. The Bertz CT molecular complexity index is 337. The average Bonchev–Trinajstić information content (AvgIpc) is 2.72. The highest BCUT2D eigenvalue weighted by Gasteiger charge is 2.70. The molecule has 3 heterocycles.